The van der Waals surface area contributed by atoms with E-state index < -0.39 is 11.7 Å². The summed E-state index contributed by atoms with van der Waals surface area (Å²) in [7, 11) is 1.57. The maximum Gasteiger partial charge on any atom is 0.261 e. The summed E-state index contributed by atoms with van der Waals surface area (Å²) in [5.41, 5.74) is 0.580. The summed E-state index contributed by atoms with van der Waals surface area (Å²) in [6, 6.07) is 7.23. The van der Waals surface area contributed by atoms with Crippen LogP contribution in [-0.2, 0) is 0 Å². The van der Waals surface area contributed by atoms with Crippen LogP contribution in [0.1, 0.15) is 10.4 Å². The lowest BCUT2D eigenvalue weighted by Gasteiger charge is -2.17. The second-order valence-corrected chi connectivity index (χ2v) is 4.13. The Kier molecular flexibility index (Phi) is 3.58. The average molecular weight is 265 g/mol. The van der Waals surface area contributed by atoms with Gasteiger partial charge in [-0.2, -0.15) is 0 Å². The third-order valence-electron chi connectivity index (χ3n) is 2.51. The van der Waals surface area contributed by atoms with Crippen LogP contribution < -0.4 is 4.90 Å². The molecule has 1 aromatic carbocycles. The zero-order valence-corrected chi connectivity index (χ0v) is 10.4. The monoisotopic (exact) mass is 264 g/mol. The topological polar surface area (TPSA) is 33.2 Å². The fraction of sp³-hybridized carbons (Fsp3) is 0.0769. The first kappa shape index (κ1) is 12.5. The van der Waals surface area contributed by atoms with Crippen LogP contribution in [0.2, 0.25) is 5.02 Å². The lowest BCUT2D eigenvalue weighted by Crippen LogP contribution is -2.27. The Morgan fingerprint density at radius 3 is 2.61 bits per heavy atom. The highest BCUT2D eigenvalue weighted by atomic mass is 35.5. The molecule has 0 atom stereocenters. The van der Waals surface area contributed by atoms with Crippen molar-refractivity contribution in [2.45, 2.75) is 0 Å². The Morgan fingerprint density at radius 1 is 1.28 bits per heavy atom. The summed E-state index contributed by atoms with van der Waals surface area (Å²) in [6.45, 7) is 0. The zero-order chi connectivity index (χ0) is 13.1. The molecular weight excluding hydrogens is 255 g/mol. The molecular formula is C13H10ClFN2O. The molecule has 18 heavy (non-hydrogen) atoms. The number of aromatic nitrogens is 1. The van der Waals surface area contributed by atoms with E-state index in [0.717, 1.165) is 0 Å². The van der Waals surface area contributed by atoms with E-state index in [2.05, 4.69) is 4.98 Å². The van der Waals surface area contributed by atoms with Gasteiger partial charge in [0.25, 0.3) is 5.91 Å². The lowest BCUT2D eigenvalue weighted by molar-refractivity contribution is 0.0989. The van der Waals surface area contributed by atoms with Crippen molar-refractivity contribution < 1.29 is 9.18 Å². The first-order valence-electron chi connectivity index (χ1n) is 5.22. The Labute approximate surface area is 109 Å². The fourth-order valence-corrected chi connectivity index (χ4v) is 1.70. The molecule has 3 nitrogen and oxygen atoms in total. The van der Waals surface area contributed by atoms with E-state index in [9.17, 15) is 9.18 Å². The molecule has 0 aliphatic carbocycles. The van der Waals surface area contributed by atoms with E-state index in [1.807, 2.05) is 0 Å². The molecule has 0 bridgehead atoms. The molecule has 1 amide bonds. The molecule has 0 fully saturated rings. The molecule has 0 saturated carbocycles. The Balaban J connectivity index is 2.34. The van der Waals surface area contributed by atoms with Crippen molar-refractivity contribution in [2.24, 2.45) is 0 Å². The highest BCUT2D eigenvalue weighted by Gasteiger charge is 2.17. The van der Waals surface area contributed by atoms with Gasteiger partial charge in [-0.1, -0.05) is 11.6 Å². The van der Waals surface area contributed by atoms with Crippen molar-refractivity contribution in [1.29, 1.82) is 0 Å². The maximum atomic E-state index is 13.6. The van der Waals surface area contributed by atoms with Crippen molar-refractivity contribution in [3.8, 4) is 0 Å². The van der Waals surface area contributed by atoms with Crippen molar-refractivity contribution in [1.82, 2.24) is 4.98 Å². The van der Waals surface area contributed by atoms with Gasteiger partial charge in [-0.05, 0) is 30.3 Å². The SMILES string of the molecule is CN(C(=O)c1cc(Cl)ccc1F)c1ccncc1. The van der Waals surface area contributed by atoms with Crippen LogP contribution in [-0.4, -0.2) is 17.9 Å². The van der Waals surface area contributed by atoms with Crippen molar-refractivity contribution in [2.75, 3.05) is 11.9 Å². The molecule has 92 valence electrons. The third-order valence-corrected chi connectivity index (χ3v) is 2.75. The number of rotatable bonds is 2. The number of carbonyl (C=O) groups is 1. The number of anilines is 1. The van der Waals surface area contributed by atoms with E-state index in [-0.39, 0.29) is 5.56 Å². The van der Waals surface area contributed by atoms with Gasteiger partial charge in [0, 0.05) is 30.2 Å². The molecule has 0 unspecified atom stereocenters. The predicted molar refractivity (Wildman–Crippen MR) is 68.4 cm³/mol. The van der Waals surface area contributed by atoms with Crippen LogP contribution >= 0.6 is 11.6 Å². The fourth-order valence-electron chi connectivity index (χ4n) is 1.53. The van der Waals surface area contributed by atoms with Crippen LogP contribution in [0.3, 0.4) is 0 Å². The quantitative estimate of drug-likeness (QED) is 0.835. The summed E-state index contributed by atoms with van der Waals surface area (Å²) >= 11 is 5.76. The summed E-state index contributed by atoms with van der Waals surface area (Å²) in [6.07, 6.45) is 3.13. The Morgan fingerprint density at radius 2 is 1.94 bits per heavy atom. The van der Waals surface area contributed by atoms with Gasteiger partial charge in [-0.3, -0.25) is 9.78 Å². The molecule has 0 saturated heterocycles. The van der Waals surface area contributed by atoms with Gasteiger partial charge in [0.2, 0.25) is 0 Å². The van der Waals surface area contributed by atoms with Crippen molar-refractivity contribution in [3.05, 3.63) is 59.1 Å². The molecule has 5 heteroatoms. The normalized spacial score (nSPS) is 10.2. The second-order valence-electron chi connectivity index (χ2n) is 3.69. The molecule has 2 aromatic rings. The molecule has 0 N–H and O–H groups in total. The average Bonchev–Trinajstić information content (AvgIpc) is 2.41. The first-order chi connectivity index (χ1) is 8.59. The van der Waals surface area contributed by atoms with E-state index in [0.29, 0.717) is 10.7 Å². The van der Waals surface area contributed by atoms with Crippen LogP contribution in [0.4, 0.5) is 10.1 Å². The Hall–Kier alpha value is -1.94. The third kappa shape index (κ3) is 2.49. The van der Waals surface area contributed by atoms with Crippen LogP contribution in [0, 0.1) is 5.82 Å². The largest absolute Gasteiger partial charge is 0.311 e. The number of nitrogens with zero attached hydrogens (tertiary/aromatic N) is 2. The number of hydrogen-bond donors (Lipinski definition) is 0. The molecule has 0 spiro atoms. The summed E-state index contributed by atoms with van der Waals surface area (Å²) < 4.78 is 13.6. The van der Waals surface area contributed by atoms with Crippen LogP contribution in [0.15, 0.2) is 42.7 Å². The van der Waals surface area contributed by atoms with Crippen LogP contribution in [0.5, 0.6) is 0 Å². The number of hydrogen-bond acceptors (Lipinski definition) is 2. The van der Waals surface area contributed by atoms with Crippen molar-refractivity contribution in [3.63, 3.8) is 0 Å². The van der Waals surface area contributed by atoms with Crippen molar-refractivity contribution >= 4 is 23.2 Å². The Bertz CT molecular complexity index is 574. The minimum atomic E-state index is -0.592. The minimum absolute atomic E-state index is 0.0539. The number of benzene rings is 1. The summed E-state index contributed by atoms with van der Waals surface area (Å²) in [5.74, 6) is -1.05. The highest BCUT2D eigenvalue weighted by molar-refractivity contribution is 6.31. The second kappa shape index (κ2) is 5.14. The van der Waals surface area contributed by atoms with Gasteiger partial charge in [0.15, 0.2) is 0 Å². The number of pyridine rings is 1. The molecule has 1 aromatic heterocycles. The van der Waals surface area contributed by atoms with Gasteiger partial charge >= 0.3 is 0 Å². The van der Waals surface area contributed by atoms with Gasteiger partial charge in [0.1, 0.15) is 5.82 Å². The smallest absolute Gasteiger partial charge is 0.261 e. The lowest BCUT2D eigenvalue weighted by atomic mass is 10.2. The number of halogens is 2. The predicted octanol–water partition coefficient (Wildman–Crippen LogP) is 3.15. The highest BCUT2D eigenvalue weighted by Crippen LogP contribution is 2.19. The van der Waals surface area contributed by atoms with Gasteiger partial charge < -0.3 is 4.90 Å². The molecule has 0 radical (unpaired) electrons. The zero-order valence-electron chi connectivity index (χ0n) is 9.60. The molecule has 0 aliphatic rings. The first-order valence-corrected chi connectivity index (χ1v) is 5.60. The molecule has 0 aliphatic heterocycles. The van der Waals surface area contributed by atoms with Gasteiger partial charge in [-0.15, -0.1) is 0 Å². The minimum Gasteiger partial charge on any atom is -0.311 e. The summed E-state index contributed by atoms with van der Waals surface area (Å²) in [5, 5.41) is 0.322. The number of carbonyl (C=O) groups excluding carboxylic acids is 1. The van der Waals surface area contributed by atoms with E-state index in [4.69, 9.17) is 11.6 Å². The van der Waals surface area contributed by atoms with Gasteiger partial charge in [0.05, 0.1) is 5.56 Å². The van der Waals surface area contributed by atoms with E-state index in [1.165, 1.54) is 23.1 Å². The molecule has 2 rings (SSSR count). The summed E-state index contributed by atoms with van der Waals surface area (Å²) in [4.78, 5) is 17.3. The standard InChI is InChI=1S/C13H10ClFN2O/c1-17(10-4-6-16-7-5-10)13(18)11-8-9(14)2-3-12(11)15/h2-8H,1H3. The molecule has 1 heterocycles. The number of amides is 1. The van der Waals surface area contributed by atoms with Gasteiger partial charge in [-0.25, -0.2) is 4.39 Å². The van der Waals surface area contributed by atoms with E-state index >= 15 is 0 Å². The maximum absolute atomic E-state index is 13.6. The van der Waals surface area contributed by atoms with Crippen LogP contribution in [0.25, 0.3) is 0 Å². The van der Waals surface area contributed by atoms with E-state index in [1.54, 1.807) is 31.6 Å².